The predicted octanol–water partition coefficient (Wildman–Crippen LogP) is 1.78. The van der Waals surface area contributed by atoms with Crippen LogP contribution in [0.25, 0.3) is 0 Å². The highest BCUT2D eigenvalue weighted by Crippen LogP contribution is 2.25. The fourth-order valence-corrected chi connectivity index (χ4v) is 1.49. The smallest absolute Gasteiger partial charge is 0.340 e. The van der Waals surface area contributed by atoms with Crippen molar-refractivity contribution in [3.8, 4) is 5.75 Å². The Kier molecular flexibility index (Phi) is 5.45. The van der Waals surface area contributed by atoms with Crippen LogP contribution in [0.3, 0.4) is 0 Å². The van der Waals surface area contributed by atoms with E-state index in [9.17, 15) is 4.79 Å². The molecule has 1 rings (SSSR count). The third-order valence-electron chi connectivity index (χ3n) is 2.47. The largest absolute Gasteiger partial charge is 0.491 e. The quantitative estimate of drug-likeness (QED) is 0.475. The lowest BCUT2D eigenvalue weighted by molar-refractivity contribution is 0.0601. The number of ether oxygens (including phenoxy) is 3. The van der Waals surface area contributed by atoms with Crippen molar-refractivity contribution in [3.63, 3.8) is 0 Å². The topological polar surface area (TPSA) is 70.8 Å². The zero-order valence-electron chi connectivity index (χ0n) is 11.0. The highest BCUT2D eigenvalue weighted by atomic mass is 16.5. The molecule has 100 valence electrons. The van der Waals surface area contributed by atoms with Gasteiger partial charge in [-0.3, -0.25) is 0 Å². The molecule has 1 aromatic rings. The van der Waals surface area contributed by atoms with Crippen LogP contribution in [0.2, 0.25) is 0 Å². The average Bonchev–Trinajstić information content (AvgIpc) is 2.37. The van der Waals surface area contributed by atoms with Gasteiger partial charge in [0.1, 0.15) is 12.4 Å². The van der Waals surface area contributed by atoms with E-state index in [0.29, 0.717) is 36.8 Å². The van der Waals surface area contributed by atoms with Gasteiger partial charge in [-0.25, -0.2) is 4.79 Å². The normalized spacial score (nSPS) is 10.2. The van der Waals surface area contributed by atoms with Crippen LogP contribution in [0.5, 0.6) is 5.75 Å². The van der Waals surface area contributed by atoms with Crippen molar-refractivity contribution in [2.45, 2.75) is 13.8 Å². The molecule has 0 saturated heterocycles. The summed E-state index contributed by atoms with van der Waals surface area (Å²) in [5, 5.41) is 0. The Balaban J connectivity index is 2.81. The number of rotatable bonds is 6. The van der Waals surface area contributed by atoms with E-state index in [1.807, 2.05) is 13.8 Å². The van der Waals surface area contributed by atoms with Gasteiger partial charge in [-0.15, -0.1) is 0 Å². The minimum absolute atomic E-state index is 0.323. The average molecular weight is 253 g/mol. The number of carbonyl (C=O) groups is 1. The third-order valence-corrected chi connectivity index (χ3v) is 2.47. The molecule has 5 heteroatoms. The summed E-state index contributed by atoms with van der Waals surface area (Å²) in [5.41, 5.74) is 7.34. The SMILES string of the molecule is CCOCCOc1cc(C)c(N)c(C(=O)OC)c1. The molecule has 0 radical (unpaired) electrons. The molecule has 0 spiro atoms. The summed E-state index contributed by atoms with van der Waals surface area (Å²) in [6.07, 6.45) is 0. The van der Waals surface area contributed by atoms with E-state index in [4.69, 9.17) is 15.2 Å². The van der Waals surface area contributed by atoms with Crippen molar-refractivity contribution in [2.75, 3.05) is 32.7 Å². The molecular weight excluding hydrogens is 234 g/mol. The standard InChI is InChI=1S/C13H19NO4/c1-4-17-5-6-18-10-7-9(2)12(14)11(8-10)13(15)16-3/h7-8H,4-6,14H2,1-3H3. The minimum Gasteiger partial charge on any atom is -0.491 e. The summed E-state index contributed by atoms with van der Waals surface area (Å²) in [6.45, 7) is 5.32. The van der Waals surface area contributed by atoms with E-state index in [1.54, 1.807) is 12.1 Å². The second-order valence-electron chi connectivity index (χ2n) is 3.74. The maximum Gasteiger partial charge on any atom is 0.340 e. The zero-order chi connectivity index (χ0) is 13.5. The van der Waals surface area contributed by atoms with Crippen molar-refractivity contribution in [3.05, 3.63) is 23.3 Å². The molecule has 0 unspecified atom stereocenters. The molecule has 0 heterocycles. The maximum atomic E-state index is 11.5. The zero-order valence-corrected chi connectivity index (χ0v) is 11.0. The van der Waals surface area contributed by atoms with Crippen molar-refractivity contribution < 1.29 is 19.0 Å². The molecule has 0 amide bonds. The number of anilines is 1. The minimum atomic E-state index is -0.467. The second kappa shape index (κ2) is 6.86. The summed E-state index contributed by atoms with van der Waals surface area (Å²) < 4.78 is 15.3. The first kappa shape index (κ1) is 14.3. The second-order valence-corrected chi connectivity index (χ2v) is 3.74. The highest BCUT2D eigenvalue weighted by molar-refractivity contribution is 5.96. The van der Waals surface area contributed by atoms with E-state index >= 15 is 0 Å². The Labute approximate surface area is 107 Å². The van der Waals surface area contributed by atoms with Crippen molar-refractivity contribution >= 4 is 11.7 Å². The first-order chi connectivity index (χ1) is 8.60. The lowest BCUT2D eigenvalue weighted by Crippen LogP contribution is -2.10. The van der Waals surface area contributed by atoms with Crippen LogP contribution in [0, 0.1) is 6.92 Å². The first-order valence-electron chi connectivity index (χ1n) is 5.79. The van der Waals surface area contributed by atoms with Crippen molar-refractivity contribution in [2.24, 2.45) is 0 Å². The van der Waals surface area contributed by atoms with Gasteiger partial charge < -0.3 is 19.9 Å². The number of hydrogen-bond acceptors (Lipinski definition) is 5. The summed E-state index contributed by atoms with van der Waals surface area (Å²) in [5.74, 6) is 0.118. The summed E-state index contributed by atoms with van der Waals surface area (Å²) in [4.78, 5) is 11.5. The van der Waals surface area contributed by atoms with Gasteiger partial charge in [0.05, 0.1) is 19.3 Å². The number of hydrogen-bond donors (Lipinski definition) is 1. The molecule has 0 aliphatic rings. The van der Waals surface area contributed by atoms with Gasteiger partial charge in [0, 0.05) is 12.3 Å². The van der Waals surface area contributed by atoms with Crippen molar-refractivity contribution in [1.29, 1.82) is 0 Å². The number of carbonyl (C=O) groups excluding carboxylic acids is 1. The van der Waals surface area contributed by atoms with Gasteiger partial charge in [0.25, 0.3) is 0 Å². The van der Waals surface area contributed by atoms with Crippen molar-refractivity contribution in [1.82, 2.24) is 0 Å². The van der Waals surface area contributed by atoms with Crippen LogP contribution < -0.4 is 10.5 Å². The Morgan fingerprint density at radius 3 is 2.67 bits per heavy atom. The number of benzene rings is 1. The summed E-state index contributed by atoms with van der Waals surface area (Å²) >= 11 is 0. The van der Waals surface area contributed by atoms with E-state index in [2.05, 4.69) is 4.74 Å². The van der Waals surface area contributed by atoms with Crippen LogP contribution in [0.4, 0.5) is 5.69 Å². The van der Waals surface area contributed by atoms with Gasteiger partial charge in [-0.05, 0) is 31.5 Å². The summed E-state index contributed by atoms with van der Waals surface area (Å²) in [6, 6.07) is 3.37. The molecule has 18 heavy (non-hydrogen) atoms. The maximum absolute atomic E-state index is 11.5. The molecule has 2 N–H and O–H groups in total. The lowest BCUT2D eigenvalue weighted by atomic mass is 10.1. The Morgan fingerprint density at radius 2 is 2.06 bits per heavy atom. The molecular formula is C13H19NO4. The van der Waals surface area contributed by atoms with Gasteiger partial charge in [0.15, 0.2) is 0 Å². The summed E-state index contributed by atoms with van der Waals surface area (Å²) in [7, 11) is 1.32. The van der Waals surface area contributed by atoms with Crippen LogP contribution in [0.1, 0.15) is 22.8 Å². The van der Waals surface area contributed by atoms with Crippen LogP contribution in [0.15, 0.2) is 12.1 Å². The van der Waals surface area contributed by atoms with Crippen LogP contribution in [-0.4, -0.2) is 32.9 Å². The van der Waals surface area contributed by atoms with Crippen LogP contribution in [-0.2, 0) is 9.47 Å². The number of methoxy groups -OCH3 is 1. The molecule has 0 aliphatic heterocycles. The fourth-order valence-electron chi connectivity index (χ4n) is 1.49. The van der Waals surface area contributed by atoms with Gasteiger partial charge in [-0.1, -0.05) is 0 Å². The van der Waals surface area contributed by atoms with Crippen LogP contribution >= 0.6 is 0 Å². The fraction of sp³-hybridized carbons (Fsp3) is 0.462. The predicted molar refractivity (Wildman–Crippen MR) is 68.9 cm³/mol. The van der Waals surface area contributed by atoms with Gasteiger partial charge in [-0.2, -0.15) is 0 Å². The molecule has 0 fully saturated rings. The first-order valence-corrected chi connectivity index (χ1v) is 5.79. The molecule has 0 saturated carbocycles. The third kappa shape index (κ3) is 3.63. The Hall–Kier alpha value is -1.75. The molecule has 5 nitrogen and oxygen atoms in total. The number of esters is 1. The van der Waals surface area contributed by atoms with Gasteiger partial charge >= 0.3 is 5.97 Å². The molecule has 0 atom stereocenters. The van der Waals surface area contributed by atoms with E-state index < -0.39 is 5.97 Å². The number of aryl methyl sites for hydroxylation is 1. The Bertz CT molecular complexity index is 418. The number of nitrogen functional groups attached to an aromatic ring is 1. The molecule has 0 aliphatic carbocycles. The van der Waals surface area contributed by atoms with E-state index in [1.165, 1.54) is 7.11 Å². The Morgan fingerprint density at radius 1 is 1.33 bits per heavy atom. The highest BCUT2D eigenvalue weighted by Gasteiger charge is 2.13. The lowest BCUT2D eigenvalue weighted by Gasteiger charge is -2.11. The monoisotopic (exact) mass is 253 g/mol. The molecule has 1 aromatic carbocycles. The molecule has 0 bridgehead atoms. The molecule has 0 aromatic heterocycles. The van der Waals surface area contributed by atoms with E-state index in [0.717, 1.165) is 5.56 Å². The number of nitrogens with two attached hydrogens (primary N) is 1. The van der Waals surface area contributed by atoms with E-state index in [-0.39, 0.29) is 0 Å². The van der Waals surface area contributed by atoms with Gasteiger partial charge in [0.2, 0.25) is 0 Å².